The molecule has 0 heterocycles. The monoisotopic (exact) mass is 410 g/mol. The molecule has 3 aromatic carbocycles. The third-order valence-electron chi connectivity index (χ3n) is 5.87. The normalized spacial score (nSPS) is 12.1. The topological polar surface area (TPSA) is 0 Å². The van der Waals surface area contributed by atoms with Crippen molar-refractivity contribution >= 4 is 11.6 Å². The van der Waals surface area contributed by atoms with Gasteiger partial charge in [0.25, 0.3) is 0 Å². The first kappa shape index (κ1) is 20.1. The average Bonchev–Trinajstić information content (AvgIpc) is 3.09. The third-order valence-corrected chi connectivity index (χ3v) is 6.18. The smallest absolute Gasteiger partial charge is 0.142 e. The van der Waals surface area contributed by atoms with Crippen LogP contribution < -0.4 is 0 Å². The van der Waals surface area contributed by atoms with Crippen LogP contribution in [0.4, 0.5) is 8.78 Å². The van der Waals surface area contributed by atoms with Gasteiger partial charge >= 0.3 is 0 Å². The lowest BCUT2D eigenvalue weighted by Crippen LogP contribution is -1.93. The van der Waals surface area contributed by atoms with Crippen LogP contribution in [0.1, 0.15) is 55.7 Å². The largest absolute Gasteiger partial charge is 0.206 e. The Morgan fingerprint density at radius 2 is 1.59 bits per heavy atom. The zero-order valence-corrected chi connectivity index (χ0v) is 17.5. The highest BCUT2D eigenvalue weighted by Crippen LogP contribution is 2.41. The maximum Gasteiger partial charge on any atom is 0.142 e. The van der Waals surface area contributed by atoms with Crippen molar-refractivity contribution in [2.45, 2.75) is 51.9 Å². The van der Waals surface area contributed by atoms with E-state index in [-0.39, 0.29) is 10.8 Å². The number of hydrogen-bond acceptors (Lipinski definition) is 0. The van der Waals surface area contributed by atoms with Gasteiger partial charge in [0.2, 0.25) is 0 Å². The van der Waals surface area contributed by atoms with Gasteiger partial charge in [-0.25, -0.2) is 8.78 Å². The quantitative estimate of drug-likeness (QED) is 0.268. The van der Waals surface area contributed by atoms with Crippen LogP contribution in [0.5, 0.6) is 0 Å². The first-order valence-corrected chi connectivity index (χ1v) is 10.8. The van der Waals surface area contributed by atoms with E-state index in [0.717, 1.165) is 17.5 Å². The molecule has 0 atom stereocenters. The Labute approximate surface area is 176 Å². The van der Waals surface area contributed by atoms with Crippen LogP contribution in [0.25, 0.3) is 22.3 Å². The van der Waals surface area contributed by atoms with Gasteiger partial charge in [0.15, 0.2) is 0 Å². The lowest BCUT2D eigenvalue weighted by atomic mass is 9.97. The Morgan fingerprint density at radius 3 is 2.38 bits per heavy atom. The van der Waals surface area contributed by atoms with Crippen molar-refractivity contribution < 1.29 is 8.78 Å². The van der Waals surface area contributed by atoms with Crippen molar-refractivity contribution in [3.05, 3.63) is 81.9 Å². The predicted octanol–water partition coefficient (Wildman–Crippen LogP) is 8.37. The summed E-state index contributed by atoms with van der Waals surface area (Å²) in [4.78, 5) is 0. The predicted molar refractivity (Wildman–Crippen MR) is 118 cm³/mol. The van der Waals surface area contributed by atoms with Gasteiger partial charge in [0.1, 0.15) is 11.6 Å². The molecular formula is C26H25ClF2. The Kier molecular flexibility index (Phi) is 6.01. The Bertz CT molecular complexity index is 1040. The molecule has 0 amide bonds. The molecule has 29 heavy (non-hydrogen) atoms. The summed E-state index contributed by atoms with van der Waals surface area (Å²) in [7, 11) is 0. The van der Waals surface area contributed by atoms with Crippen molar-refractivity contribution in [3.8, 4) is 22.3 Å². The first-order chi connectivity index (χ1) is 14.1. The summed E-state index contributed by atoms with van der Waals surface area (Å²) in [6.07, 6.45) is 7.99. The van der Waals surface area contributed by atoms with Gasteiger partial charge in [-0.1, -0.05) is 80.6 Å². The molecule has 0 aliphatic heterocycles. The number of benzene rings is 3. The van der Waals surface area contributed by atoms with Crippen molar-refractivity contribution in [2.24, 2.45) is 0 Å². The number of aryl methyl sites for hydroxylation is 1. The van der Waals surface area contributed by atoms with E-state index >= 15 is 4.39 Å². The van der Waals surface area contributed by atoms with Gasteiger partial charge in [-0.2, -0.15) is 0 Å². The van der Waals surface area contributed by atoms with Gasteiger partial charge in [0, 0.05) is 17.5 Å². The van der Waals surface area contributed by atoms with Crippen molar-refractivity contribution in [1.29, 1.82) is 0 Å². The number of halogens is 3. The number of fused-ring (bicyclic) bond motifs is 3. The van der Waals surface area contributed by atoms with Crippen LogP contribution in [-0.4, -0.2) is 0 Å². The molecule has 150 valence electrons. The molecule has 3 heteroatoms. The molecule has 0 nitrogen and oxygen atoms in total. The van der Waals surface area contributed by atoms with Crippen LogP contribution in [0, 0.1) is 11.6 Å². The molecule has 0 saturated carbocycles. The van der Waals surface area contributed by atoms with E-state index in [0.29, 0.717) is 23.1 Å². The van der Waals surface area contributed by atoms with E-state index in [4.69, 9.17) is 11.6 Å². The lowest BCUT2D eigenvalue weighted by molar-refractivity contribution is 0.617. The van der Waals surface area contributed by atoms with Crippen molar-refractivity contribution in [3.63, 3.8) is 0 Å². The number of unbranched alkanes of at least 4 members (excludes halogenated alkanes) is 4. The van der Waals surface area contributed by atoms with E-state index in [1.807, 2.05) is 6.07 Å². The second kappa shape index (κ2) is 8.67. The number of hydrogen-bond donors (Lipinski definition) is 0. The van der Waals surface area contributed by atoms with E-state index in [9.17, 15) is 4.39 Å². The molecule has 0 fully saturated rings. The summed E-state index contributed by atoms with van der Waals surface area (Å²) in [6.45, 7) is 2.23. The Hall–Kier alpha value is -2.19. The SMILES string of the molecule is CCCCCCCc1ccc2c(c1)Cc1c-2ccc(-c2ccc(Cl)c(F)c2)c1F. The van der Waals surface area contributed by atoms with E-state index in [1.54, 1.807) is 12.1 Å². The van der Waals surface area contributed by atoms with Crippen LogP contribution in [0.15, 0.2) is 48.5 Å². The molecule has 0 saturated heterocycles. The third kappa shape index (κ3) is 4.09. The molecule has 1 aliphatic rings. The zero-order valence-electron chi connectivity index (χ0n) is 16.7. The molecule has 0 spiro atoms. The summed E-state index contributed by atoms with van der Waals surface area (Å²) in [5.41, 5.74) is 6.21. The van der Waals surface area contributed by atoms with Crippen LogP contribution >= 0.6 is 11.6 Å². The summed E-state index contributed by atoms with van der Waals surface area (Å²) < 4.78 is 29.2. The standard InChI is InChI=1S/C26H25ClF2/c1-2-3-4-5-6-7-17-8-10-20-19(14-17)15-23-22(20)12-11-21(26(23)29)18-9-13-24(27)25(28)16-18/h8-14,16H,2-7,15H2,1H3. The van der Waals surface area contributed by atoms with E-state index < -0.39 is 5.82 Å². The minimum atomic E-state index is -0.532. The highest BCUT2D eigenvalue weighted by atomic mass is 35.5. The second-order valence-electron chi connectivity index (χ2n) is 7.91. The fraction of sp³-hybridized carbons (Fsp3) is 0.308. The van der Waals surface area contributed by atoms with Crippen LogP contribution in [-0.2, 0) is 12.8 Å². The van der Waals surface area contributed by atoms with Crippen molar-refractivity contribution in [2.75, 3.05) is 0 Å². The van der Waals surface area contributed by atoms with Gasteiger partial charge in [-0.15, -0.1) is 0 Å². The summed E-state index contributed by atoms with van der Waals surface area (Å²) >= 11 is 5.77. The summed E-state index contributed by atoms with van der Waals surface area (Å²) in [5.74, 6) is -0.794. The van der Waals surface area contributed by atoms with Crippen LogP contribution in [0.2, 0.25) is 5.02 Å². The molecule has 0 N–H and O–H groups in total. The summed E-state index contributed by atoms with van der Waals surface area (Å²) in [5, 5.41) is 0.0462. The fourth-order valence-electron chi connectivity index (χ4n) is 4.27. The van der Waals surface area contributed by atoms with E-state index in [1.165, 1.54) is 55.4 Å². The fourth-order valence-corrected chi connectivity index (χ4v) is 4.39. The van der Waals surface area contributed by atoms with Gasteiger partial charge in [-0.3, -0.25) is 0 Å². The molecule has 4 rings (SSSR count). The van der Waals surface area contributed by atoms with Crippen molar-refractivity contribution in [1.82, 2.24) is 0 Å². The molecule has 1 aliphatic carbocycles. The molecular weight excluding hydrogens is 386 g/mol. The minimum Gasteiger partial charge on any atom is -0.206 e. The highest BCUT2D eigenvalue weighted by molar-refractivity contribution is 6.30. The highest BCUT2D eigenvalue weighted by Gasteiger charge is 2.24. The molecule has 0 aromatic heterocycles. The Balaban J connectivity index is 1.56. The maximum absolute atomic E-state index is 15.3. The Morgan fingerprint density at radius 1 is 0.828 bits per heavy atom. The second-order valence-corrected chi connectivity index (χ2v) is 8.32. The molecule has 0 bridgehead atoms. The first-order valence-electron chi connectivity index (χ1n) is 10.5. The van der Waals surface area contributed by atoms with Gasteiger partial charge in [0.05, 0.1) is 5.02 Å². The average molecular weight is 411 g/mol. The minimum absolute atomic E-state index is 0.0462. The molecule has 3 aromatic rings. The van der Waals surface area contributed by atoms with Gasteiger partial charge in [-0.05, 0) is 52.8 Å². The van der Waals surface area contributed by atoms with Gasteiger partial charge < -0.3 is 0 Å². The molecule has 0 radical (unpaired) electrons. The van der Waals surface area contributed by atoms with Crippen LogP contribution in [0.3, 0.4) is 0 Å². The lowest BCUT2D eigenvalue weighted by Gasteiger charge is -2.09. The summed E-state index contributed by atoms with van der Waals surface area (Å²) in [6, 6.07) is 14.7. The molecule has 0 unspecified atom stereocenters. The maximum atomic E-state index is 15.3. The number of rotatable bonds is 7. The zero-order chi connectivity index (χ0) is 20.4. The van der Waals surface area contributed by atoms with E-state index in [2.05, 4.69) is 25.1 Å².